The van der Waals surface area contributed by atoms with Crippen molar-refractivity contribution in [3.8, 4) is 5.75 Å². The van der Waals surface area contributed by atoms with Gasteiger partial charge in [0.15, 0.2) is 5.78 Å². The highest BCUT2D eigenvalue weighted by atomic mass is 16.3. The molecule has 2 aromatic carbocycles. The van der Waals surface area contributed by atoms with Gasteiger partial charge in [0.25, 0.3) is 0 Å². The average molecular weight is 351 g/mol. The number of hydrogen-bond acceptors (Lipinski definition) is 4. The number of rotatable bonds is 5. The summed E-state index contributed by atoms with van der Waals surface area (Å²) in [6.07, 6.45) is 2.35. The molecule has 2 aliphatic rings. The lowest BCUT2D eigenvalue weighted by molar-refractivity contribution is 0.0355. The summed E-state index contributed by atoms with van der Waals surface area (Å²) in [6.45, 7) is 2.17. The van der Waals surface area contributed by atoms with E-state index in [0.717, 1.165) is 25.9 Å². The largest absolute Gasteiger partial charge is 0.508 e. The number of nitrogens with zero attached hydrogens (tertiary/aromatic N) is 1. The minimum atomic E-state index is -0.607. The van der Waals surface area contributed by atoms with E-state index in [-0.39, 0.29) is 11.5 Å². The molecule has 0 spiro atoms. The highest BCUT2D eigenvalue weighted by Crippen LogP contribution is 2.45. The second kappa shape index (κ2) is 6.86. The Bertz CT molecular complexity index is 758. The fourth-order valence-corrected chi connectivity index (χ4v) is 4.75. The molecule has 0 aromatic heterocycles. The highest BCUT2D eigenvalue weighted by Gasteiger charge is 2.48. The van der Waals surface area contributed by atoms with Gasteiger partial charge in [-0.05, 0) is 54.5 Å². The second-order valence-corrected chi connectivity index (χ2v) is 7.98. The fraction of sp³-hybridized carbons (Fsp3) is 0.409. The molecule has 4 rings (SSSR count). The Hall–Kier alpha value is -2.17. The van der Waals surface area contributed by atoms with Gasteiger partial charge in [-0.15, -0.1) is 0 Å². The normalized spacial score (nSPS) is 28.2. The standard InChI is InChI=1S/C22H25NO3/c24-20-8-6-17(7-9-20)21(25)15-23-13-18-11-22(26,12-19(18)14-23)10-16-4-2-1-3-5-16/h1-9,18-19,24,26H,10-15H2/t18-,19+,22?. The zero-order valence-corrected chi connectivity index (χ0v) is 14.8. The number of carbonyl (C=O) groups is 1. The number of phenolic OH excluding ortho intramolecular Hbond substituents is 1. The summed E-state index contributed by atoms with van der Waals surface area (Å²) in [7, 11) is 0. The minimum Gasteiger partial charge on any atom is -0.508 e. The Morgan fingerprint density at radius 3 is 2.23 bits per heavy atom. The molecule has 2 aromatic rings. The van der Waals surface area contributed by atoms with Gasteiger partial charge in [0, 0.05) is 25.1 Å². The molecule has 0 radical (unpaired) electrons. The van der Waals surface area contributed by atoms with E-state index in [0.29, 0.717) is 30.4 Å². The van der Waals surface area contributed by atoms with E-state index in [2.05, 4.69) is 17.0 Å². The summed E-state index contributed by atoms with van der Waals surface area (Å²) >= 11 is 0. The van der Waals surface area contributed by atoms with Gasteiger partial charge < -0.3 is 10.2 Å². The number of phenols is 1. The molecule has 0 amide bonds. The van der Waals surface area contributed by atoms with Crippen LogP contribution in [-0.4, -0.2) is 46.1 Å². The quantitative estimate of drug-likeness (QED) is 0.813. The van der Waals surface area contributed by atoms with E-state index in [1.165, 1.54) is 5.56 Å². The molecule has 136 valence electrons. The molecule has 0 bridgehead atoms. The molecule has 3 atom stereocenters. The Kier molecular flexibility index (Phi) is 4.55. The maximum Gasteiger partial charge on any atom is 0.176 e. The predicted octanol–water partition coefficient (Wildman–Crippen LogP) is 2.89. The first-order valence-electron chi connectivity index (χ1n) is 9.32. The Morgan fingerprint density at radius 2 is 1.62 bits per heavy atom. The summed E-state index contributed by atoms with van der Waals surface area (Å²) < 4.78 is 0. The Balaban J connectivity index is 1.33. The summed E-state index contributed by atoms with van der Waals surface area (Å²) in [5, 5.41) is 20.4. The summed E-state index contributed by atoms with van der Waals surface area (Å²) in [5.41, 5.74) is 1.22. The van der Waals surface area contributed by atoms with Crippen LogP contribution in [-0.2, 0) is 6.42 Å². The molecule has 2 N–H and O–H groups in total. The number of hydrogen-bond donors (Lipinski definition) is 2. The number of ketones is 1. The van der Waals surface area contributed by atoms with Crippen LogP contribution in [0.3, 0.4) is 0 Å². The van der Waals surface area contributed by atoms with Gasteiger partial charge in [-0.25, -0.2) is 0 Å². The van der Waals surface area contributed by atoms with E-state index < -0.39 is 5.60 Å². The van der Waals surface area contributed by atoms with Crippen LogP contribution in [0.1, 0.15) is 28.8 Å². The summed E-state index contributed by atoms with van der Waals surface area (Å²) in [4.78, 5) is 14.6. The topological polar surface area (TPSA) is 60.8 Å². The van der Waals surface area contributed by atoms with E-state index >= 15 is 0 Å². The minimum absolute atomic E-state index is 0.0875. The van der Waals surface area contributed by atoms with Crippen LogP contribution in [0.4, 0.5) is 0 Å². The number of Topliss-reactive ketones (excluding diaryl/α,β-unsaturated/α-hetero) is 1. The maximum atomic E-state index is 12.4. The third kappa shape index (κ3) is 3.67. The van der Waals surface area contributed by atoms with Crippen LogP contribution in [0.15, 0.2) is 54.6 Å². The van der Waals surface area contributed by atoms with Crippen LogP contribution < -0.4 is 0 Å². The Morgan fingerprint density at radius 1 is 1.00 bits per heavy atom. The van der Waals surface area contributed by atoms with Crippen LogP contribution in [0.25, 0.3) is 0 Å². The van der Waals surface area contributed by atoms with Crippen molar-refractivity contribution in [3.63, 3.8) is 0 Å². The van der Waals surface area contributed by atoms with Gasteiger partial charge in [-0.3, -0.25) is 9.69 Å². The lowest BCUT2D eigenvalue weighted by Gasteiger charge is -2.26. The van der Waals surface area contributed by atoms with Crippen molar-refractivity contribution in [3.05, 3.63) is 65.7 Å². The van der Waals surface area contributed by atoms with Crippen molar-refractivity contribution in [2.75, 3.05) is 19.6 Å². The molecular formula is C22H25NO3. The number of aliphatic hydroxyl groups is 1. The van der Waals surface area contributed by atoms with Crippen LogP contribution >= 0.6 is 0 Å². The molecular weight excluding hydrogens is 326 g/mol. The van der Waals surface area contributed by atoms with E-state index in [4.69, 9.17) is 0 Å². The van der Waals surface area contributed by atoms with Crippen molar-refractivity contribution in [1.29, 1.82) is 0 Å². The molecule has 1 saturated carbocycles. The van der Waals surface area contributed by atoms with Crippen LogP contribution in [0.5, 0.6) is 5.75 Å². The third-order valence-corrected chi connectivity index (χ3v) is 5.87. The van der Waals surface area contributed by atoms with E-state index in [1.54, 1.807) is 24.3 Å². The molecule has 1 unspecified atom stereocenters. The summed E-state index contributed by atoms with van der Waals surface area (Å²) in [6, 6.07) is 16.6. The van der Waals surface area contributed by atoms with Gasteiger partial charge in [0.05, 0.1) is 12.1 Å². The molecule has 1 saturated heterocycles. The maximum absolute atomic E-state index is 12.4. The van der Waals surface area contributed by atoms with Crippen molar-refractivity contribution in [1.82, 2.24) is 4.90 Å². The number of fused-ring (bicyclic) bond motifs is 1. The van der Waals surface area contributed by atoms with Gasteiger partial charge in [0.2, 0.25) is 0 Å². The van der Waals surface area contributed by atoms with Crippen molar-refractivity contribution >= 4 is 5.78 Å². The number of likely N-dealkylation sites (tertiary alicyclic amines) is 1. The monoisotopic (exact) mass is 351 g/mol. The molecule has 2 fully saturated rings. The Labute approximate surface area is 154 Å². The number of carbonyl (C=O) groups excluding carboxylic acids is 1. The van der Waals surface area contributed by atoms with E-state index in [9.17, 15) is 15.0 Å². The van der Waals surface area contributed by atoms with Crippen molar-refractivity contribution in [2.45, 2.75) is 24.9 Å². The molecule has 1 heterocycles. The second-order valence-electron chi connectivity index (χ2n) is 7.98. The van der Waals surface area contributed by atoms with Gasteiger partial charge in [-0.2, -0.15) is 0 Å². The fourth-order valence-electron chi connectivity index (χ4n) is 4.75. The van der Waals surface area contributed by atoms with E-state index in [1.807, 2.05) is 18.2 Å². The third-order valence-electron chi connectivity index (χ3n) is 5.87. The van der Waals surface area contributed by atoms with Crippen LogP contribution in [0.2, 0.25) is 0 Å². The lowest BCUT2D eigenvalue weighted by atomic mass is 9.91. The highest BCUT2D eigenvalue weighted by molar-refractivity contribution is 5.97. The molecule has 1 aliphatic heterocycles. The van der Waals surface area contributed by atoms with Gasteiger partial charge in [-0.1, -0.05) is 30.3 Å². The van der Waals surface area contributed by atoms with Gasteiger partial charge in [0.1, 0.15) is 5.75 Å². The van der Waals surface area contributed by atoms with Gasteiger partial charge >= 0.3 is 0 Å². The lowest BCUT2D eigenvalue weighted by Crippen LogP contribution is -2.34. The number of benzene rings is 2. The smallest absolute Gasteiger partial charge is 0.176 e. The predicted molar refractivity (Wildman–Crippen MR) is 100 cm³/mol. The first-order chi connectivity index (χ1) is 12.5. The first-order valence-corrected chi connectivity index (χ1v) is 9.32. The zero-order chi connectivity index (χ0) is 18.1. The molecule has 26 heavy (non-hydrogen) atoms. The molecule has 4 nitrogen and oxygen atoms in total. The molecule has 1 aliphatic carbocycles. The van der Waals surface area contributed by atoms with Crippen molar-refractivity contribution < 1.29 is 15.0 Å². The summed E-state index contributed by atoms with van der Waals surface area (Å²) in [5.74, 6) is 1.20. The zero-order valence-electron chi connectivity index (χ0n) is 14.8. The number of aromatic hydroxyl groups is 1. The first kappa shape index (κ1) is 17.3. The molecule has 4 heteroatoms. The average Bonchev–Trinajstić information content (AvgIpc) is 3.10. The SMILES string of the molecule is O=C(CN1C[C@@H]2CC(O)(Cc3ccccc3)C[C@@H]2C1)c1ccc(O)cc1. The van der Waals surface area contributed by atoms with Crippen molar-refractivity contribution in [2.24, 2.45) is 11.8 Å². The van der Waals surface area contributed by atoms with Crippen LogP contribution in [0, 0.1) is 11.8 Å².